The minimum atomic E-state index is -0.497. The Morgan fingerprint density at radius 2 is 1.96 bits per heavy atom. The standard InChI is InChI=1S/C19H25FN2O3/c1-13-12-24-19(25-13)8-10-22(11-9-19)18(23)21-17(14-2-3-14)15-4-6-16(20)7-5-15/h4-7,13-14,17H,2-3,8-12H2,1H3,(H,21,23)/t13-,17+/m0/s1. The van der Waals surface area contributed by atoms with E-state index in [9.17, 15) is 9.18 Å². The summed E-state index contributed by atoms with van der Waals surface area (Å²) in [7, 11) is 0. The predicted octanol–water partition coefficient (Wildman–Crippen LogP) is 3.21. The Morgan fingerprint density at radius 3 is 2.52 bits per heavy atom. The van der Waals surface area contributed by atoms with E-state index in [0.29, 0.717) is 38.5 Å². The van der Waals surface area contributed by atoms with Crippen molar-refractivity contribution in [3.63, 3.8) is 0 Å². The highest BCUT2D eigenvalue weighted by Gasteiger charge is 2.44. The van der Waals surface area contributed by atoms with E-state index in [2.05, 4.69) is 5.32 Å². The fourth-order valence-electron chi connectivity index (χ4n) is 3.81. The molecule has 4 rings (SSSR count). The minimum absolute atomic E-state index is 0.0389. The van der Waals surface area contributed by atoms with Gasteiger partial charge in [-0.3, -0.25) is 0 Å². The number of nitrogens with zero attached hydrogens (tertiary/aromatic N) is 1. The molecule has 2 amide bonds. The maximum atomic E-state index is 13.2. The van der Waals surface area contributed by atoms with Crippen LogP contribution in [0.3, 0.4) is 0 Å². The van der Waals surface area contributed by atoms with Crippen molar-refractivity contribution in [1.29, 1.82) is 0 Å². The first-order valence-corrected chi connectivity index (χ1v) is 9.17. The van der Waals surface area contributed by atoms with Gasteiger partial charge >= 0.3 is 6.03 Å². The number of hydrogen-bond acceptors (Lipinski definition) is 3. The largest absolute Gasteiger partial charge is 0.347 e. The van der Waals surface area contributed by atoms with Crippen LogP contribution in [0.15, 0.2) is 24.3 Å². The van der Waals surface area contributed by atoms with Gasteiger partial charge in [0.2, 0.25) is 0 Å². The van der Waals surface area contributed by atoms with Gasteiger partial charge in [-0.25, -0.2) is 9.18 Å². The Labute approximate surface area is 147 Å². The minimum Gasteiger partial charge on any atom is -0.347 e. The Bertz CT molecular complexity index is 624. The lowest BCUT2D eigenvalue weighted by Gasteiger charge is -2.38. The number of amides is 2. The number of piperidine rings is 1. The summed E-state index contributed by atoms with van der Waals surface area (Å²) >= 11 is 0. The predicted molar refractivity (Wildman–Crippen MR) is 90.4 cm³/mol. The summed E-state index contributed by atoms with van der Waals surface area (Å²) in [5, 5.41) is 3.16. The smallest absolute Gasteiger partial charge is 0.317 e. The molecule has 2 heterocycles. The average molecular weight is 348 g/mol. The van der Waals surface area contributed by atoms with Gasteiger partial charge in [0.25, 0.3) is 0 Å². The van der Waals surface area contributed by atoms with Crippen LogP contribution in [-0.2, 0) is 9.47 Å². The third-order valence-corrected chi connectivity index (χ3v) is 5.41. The molecule has 1 aromatic carbocycles. The first-order chi connectivity index (χ1) is 12.0. The molecular weight excluding hydrogens is 323 g/mol. The third-order valence-electron chi connectivity index (χ3n) is 5.41. The maximum Gasteiger partial charge on any atom is 0.317 e. The van der Waals surface area contributed by atoms with Gasteiger partial charge in [-0.15, -0.1) is 0 Å². The molecular formula is C19H25FN2O3. The van der Waals surface area contributed by atoms with Gasteiger partial charge in [-0.2, -0.15) is 0 Å². The van der Waals surface area contributed by atoms with Crippen LogP contribution >= 0.6 is 0 Å². The van der Waals surface area contributed by atoms with E-state index in [4.69, 9.17) is 9.47 Å². The second-order valence-corrected chi connectivity index (χ2v) is 7.45. The number of likely N-dealkylation sites (tertiary alicyclic amines) is 1. The van der Waals surface area contributed by atoms with Crippen molar-refractivity contribution in [2.75, 3.05) is 19.7 Å². The number of halogens is 1. The molecule has 1 aliphatic carbocycles. The molecule has 0 unspecified atom stereocenters. The molecule has 25 heavy (non-hydrogen) atoms. The van der Waals surface area contributed by atoms with Crippen LogP contribution in [0.25, 0.3) is 0 Å². The Morgan fingerprint density at radius 1 is 1.28 bits per heavy atom. The number of nitrogens with one attached hydrogen (secondary N) is 1. The van der Waals surface area contributed by atoms with Crippen LogP contribution in [-0.4, -0.2) is 42.5 Å². The zero-order chi connectivity index (χ0) is 17.4. The highest BCUT2D eigenvalue weighted by Crippen LogP contribution is 2.41. The van der Waals surface area contributed by atoms with Crippen LogP contribution in [0, 0.1) is 11.7 Å². The van der Waals surface area contributed by atoms with Gasteiger partial charge in [0.15, 0.2) is 5.79 Å². The van der Waals surface area contributed by atoms with Gasteiger partial charge < -0.3 is 19.7 Å². The molecule has 2 aliphatic heterocycles. The van der Waals surface area contributed by atoms with Gasteiger partial charge in [-0.05, 0) is 43.4 Å². The summed E-state index contributed by atoms with van der Waals surface area (Å²) in [5.74, 6) is -0.298. The molecule has 2 atom stereocenters. The van der Waals surface area contributed by atoms with Gasteiger partial charge in [0.05, 0.1) is 18.8 Å². The van der Waals surface area contributed by atoms with Crippen molar-refractivity contribution >= 4 is 6.03 Å². The summed E-state index contributed by atoms with van der Waals surface area (Å²) in [5.41, 5.74) is 0.974. The van der Waals surface area contributed by atoms with Crippen LogP contribution in [0.2, 0.25) is 0 Å². The van der Waals surface area contributed by atoms with E-state index in [0.717, 1.165) is 18.4 Å². The number of ether oxygens (including phenoxy) is 2. The molecule has 1 N–H and O–H groups in total. The lowest BCUT2D eigenvalue weighted by atomic mass is 10.0. The van der Waals surface area contributed by atoms with E-state index in [1.165, 1.54) is 12.1 Å². The summed E-state index contributed by atoms with van der Waals surface area (Å²) in [6.45, 7) is 3.88. The van der Waals surface area contributed by atoms with Crippen LogP contribution in [0.5, 0.6) is 0 Å². The molecule has 0 radical (unpaired) electrons. The van der Waals surface area contributed by atoms with Gasteiger partial charge in [0.1, 0.15) is 5.82 Å². The SMILES string of the molecule is C[C@H]1COC2(CCN(C(=O)N[C@@H](c3ccc(F)cc3)C3CC3)CC2)O1. The van der Waals surface area contributed by atoms with Crippen molar-refractivity contribution in [2.45, 2.75) is 50.5 Å². The highest BCUT2D eigenvalue weighted by molar-refractivity contribution is 5.75. The molecule has 1 aromatic rings. The first-order valence-electron chi connectivity index (χ1n) is 9.17. The average Bonchev–Trinajstić information content (AvgIpc) is 3.39. The maximum absolute atomic E-state index is 13.2. The zero-order valence-electron chi connectivity index (χ0n) is 14.5. The number of carbonyl (C=O) groups is 1. The van der Waals surface area contributed by atoms with Gasteiger partial charge in [0, 0.05) is 25.9 Å². The second-order valence-electron chi connectivity index (χ2n) is 7.45. The van der Waals surface area contributed by atoms with E-state index in [1.54, 1.807) is 12.1 Å². The summed E-state index contributed by atoms with van der Waals surface area (Å²) in [4.78, 5) is 14.5. The summed E-state index contributed by atoms with van der Waals surface area (Å²) < 4.78 is 24.9. The lowest BCUT2D eigenvalue weighted by Crippen LogP contribution is -2.51. The topological polar surface area (TPSA) is 50.8 Å². The van der Waals surface area contributed by atoms with Crippen molar-refractivity contribution in [2.24, 2.45) is 5.92 Å². The fourth-order valence-corrected chi connectivity index (χ4v) is 3.81. The van der Waals surface area contributed by atoms with E-state index in [1.807, 2.05) is 11.8 Å². The molecule has 0 aromatic heterocycles. The Balaban J connectivity index is 1.37. The highest BCUT2D eigenvalue weighted by atomic mass is 19.1. The Kier molecular flexibility index (Phi) is 4.41. The summed E-state index contributed by atoms with van der Waals surface area (Å²) in [6, 6.07) is 6.36. The van der Waals surface area contributed by atoms with E-state index < -0.39 is 5.79 Å². The number of urea groups is 1. The van der Waals surface area contributed by atoms with E-state index in [-0.39, 0.29) is 24.0 Å². The monoisotopic (exact) mass is 348 g/mol. The van der Waals surface area contributed by atoms with Gasteiger partial charge in [-0.1, -0.05) is 12.1 Å². The molecule has 136 valence electrons. The van der Waals surface area contributed by atoms with Crippen molar-refractivity contribution < 1.29 is 18.7 Å². The molecule has 3 aliphatic rings. The zero-order valence-corrected chi connectivity index (χ0v) is 14.5. The van der Waals surface area contributed by atoms with Crippen LogP contribution in [0.1, 0.15) is 44.2 Å². The van der Waals surface area contributed by atoms with Crippen LogP contribution < -0.4 is 5.32 Å². The third kappa shape index (κ3) is 3.65. The molecule has 2 saturated heterocycles. The molecule has 5 nitrogen and oxygen atoms in total. The molecule has 1 spiro atoms. The molecule has 1 saturated carbocycles. The number of rotatable bonds is 3. The molecule has 0 bridgehead atoms. The number of hydrogen-bond donors (Lipinski definition) is 1. The quantitative estimate of drug-likeness (QED) is 0.912. The molecule has 6 heteroatoms. The fraction of sp³-hybridized carbons (Fsp3) is 0.632. The first kappa shape index (κ1) is 16.8. The van der Waals surface area contributed by atoms with Crippen molar-refractivity contribution in [1.82, 2.24) is 10.2 Å². The normalized spacial score (nSPS) is 26.6. The molecule has 3 fully saturated rings. The number of benzene rings is 1. The van der Waals surface area contributed by atoms with Crippen LogP contribution in [0.4, 0.5) is 9.18 Å². The summed E-state index contributed by atoms with van der Waals surface area (Å²) in [6.07, 6.45) is 3.74. The second kappa shape index (κ2) is 6.57. The lowest BCUT2D eigenvalue weighted by molar-refractivity contribution is -0.189. The van der Waals surface area contributed by atoms with E-state index >= 15 is 0 Å². The van der Waals surface area contributed by atoms with Crippen molar-refractivity contribution in [3.05, 3.63) is 35.6 Å². The number of carbonyl (C=O) groups excluding carboxylic acids is 1. The van der Waals surface area contributed by atoms with Crippen molar-refractivity contribution in [3.8, 4) is 0 Å². The Hall–Kier alpha value is -1.66.